The highest BCUT2D eigenvalue weighted by molar-refractivity contribution is 5.94. The van der Waals surface area contributed by atoms with Crippen LogP contribution in [0.25, 0.3) is 16.8 Å². The lowest BCUT2D eigenvalue weighted by Gasteiger charge is -2.15. The number of aryl methyl sites for hydroxylation is 1. The lowest BCUT2D eigenvalue weighted by Crippen LogP contribution is -2.28. The van der Waals surface area contributed by atoms with Gasteiger partial charge < -0.3 is 15.1 Å². The Morgan fingerprint density at radius 2 is 1.56 bits per heavy atom. The largest absolute Gasteiger partial charge is 0.490 e. The van der Waals surface area contributed by atoms with Crippen molar-refractivity contribution in [3.63, 3.8) is 0 Å². The zero-order chi connectivity index (χ0) is 31.9. The van der Waals surface area contributed by atoms with Gasteiger partial charge in [0.2, 0.25) is 0 Å². The fraction of sp³-hybridized carbons (Fsp3) is 0.269. The van der Waals surface area contributed by atoms with Crippen molar-refractivity contribution in [1.82, 2.24) is 29.5 Å². The van der Waals surface area contributed by atoms with Crippen LogP contribution >= 0.6 is 0 Å². The Bertz CT molecular complexity index is 1570. The predicted molar refractivity (Wildman–Crippen MR) is 136 cm³/mol. The van der Waals surface area contributed by atoms with Crippen LogP contribution in [0.3, 0.4) is 0 Å². The van der Waals surface area contributed by atoms with Gasteiger partial charge >= 0.3 is 24.3 Å². The Hall–Kier alpha value is -5.09. The Morgan fingerprint density at radius 1 is 0.907 bits per heavy atom. The summed E-state index contributed by atoms with van der Waals surface area (Å²) in [5.74, 6) is -4.57. The van der Waals surface area contributed by atoms with Gasteiger partial charge in [-0.3, -0.25) is 14.8 Å². The van der Waals surface area contributed by atoms with E-state index in [0.717, 1.165) is 34.6 Å². The van der Waals surface area contributed by atoms with E-state index in [2.05, 4.69) is 9.97 Å². The number of rotatable bonds is 3. The van der Waals surface area contributed by atoms with Crippen molar-refractivity contribution in [2.45, 2.75) is 31.6 Å². The topological polar surface area (TPSA) is 151 Å². The van der Waals surface area contributed by atoms with Crippen molar-refractivity contribution in [3.05, 3.63) is 78.3 Å². The highest BCUT2D eigenvalue weighted by Crippen LogP contribution is 2.27. The summed E-state index contributed by atoms with van der Waals surface area (Å²) in [6.45, 7) is 3.27. The van der Waals surface area contributed by atoms with Gasteiger partial charge in [-0.2, -0.15) is 31.4 Å². The molecule has 1 unspecified atom stereocenters. The number of pyridine rings is 3. The molecule has 4 aromatic rings. The SMILES string of the molecule is Cc1cncc(C(=O)N2CCC(c3nc4ccc(-c5cccnc5)cn4n3)C2)c1.O=C(O)C(F)(F)F.O=C(O)C(F)(F)F. The van der Waals surface area contributed by atoms with E-state index in [4.69, 9.17) is 29.9 Å². The van der Waals surface area contributed by atoms with E-state index in [1.165, 1.54) is 0 Å². The Kier molecular flexibility index (Phi) is 10.00. The first-order chi connectivity index (χ1) is 20.1. The Labute approximate surface area is 238 Å². The number of likely N-dealkylation sites (tertiary alicyclic amines) is 1. The van der Waals surface area contributed by atoms with Crippen molar-refractivity contribution >= 4 is 23.5 Å². The van der Waals surface area contributed by atoms with Gasteiger partial charge in [-0.15, -0.1) is 0 Å². The minimum absolute atomic E-state index is 0.0197. The molecule has 0 aromatic carbocycles. The molecule has 4 aromatic heterocycles. The zero-order valence-corrected chi connectivity index (χ0v) is 22.0. The third-order valence-corrected chi connectivity index (χ3v) is 5.79. The smallest absolute Gasteiger partial charge is 0.475 e. The number of aromatic nitrogens is 5. The second kappa shape index (κ2) is 13.3. The van der Waals surface area contributed by atoms with E-state index < -0.39 is 24.3 Å². The number of fused-ring (bicyclic) bond motifs is 1. The van der Waals surface area contributed by atoms with Crippen LogP contribution < -0.4 is 0 Å². The van der Waals surface area contributed by atoms with Gasteiger partial charge in [0.1, 0.15) is 0 Å². The molecule has 17 heteroatoms. The molecular weight excluding hydrogens is 590 g/mol. The molecule has 0 saturated carbocycles. The molecule has 1 saturated heterocycles. The molecule has 1 aliphatic rings. The Morgan fingerprint density at radius 3 is 2.12 bits per heavy atom. The van der Waals surface area contributed by atoms with Crippen molar-refractivity contribution in [2.24, 2.45) is 0 Å². The molecule has 0 radical (unpaired) electrons. The number of halogens is 6. The summed E-state index contributed by atoms with van der Waals surface area (Å²) >= 11 is 0. The van der Waals surface area contributed by atoms with Crippen LogP contribution in [0.15, 0.2) is 61.3 Å². The molecule has 5 heterocycles. The van der Waals surface area contributed by atoms with E-state index in [9.17, 15) is 31.1 Å². The summed E-state index contributed by atoms with van der Waals surface area (Å²) in [6.07, 6.45) is -0.360. The van der Waals surface area contributed by atoms with E-state index in [0.29, 0.717) is 18.7 Å². The molecule has 1 aliphatic heterocycles. The maximum atomic E-state index is 12.8. The molecule has 1 atom stereocenters. The molecule has 0 bridgehead atoms. The van der Waals surface area contributed by atoms with Gasteiger partial charge in [0.15, 0.2) is 11.5 Å². The molecular formula is C26H22F6N6O5. The number of carboxylic acid groups (broad SMARTS) is 2. The first-order valence-electron chi connectivity index (χ1n) is 12.1. The molecule has 0 spiro atoms. The van der Waals surface area contributed by atoms with Crippen LogP contribution in [0.1, 0.15) is 34.1 Å². The van der Waals surface area contributed by atoms with Crippen molar-refractivity contribution in [3.8, 4) is 11.1 Å². The van der Waals surface area contributed by atoms with Gasteiger partial charge in [-0.1, -0.05) is 6.07 Å². The number of carbonyl (C=O) groups excluding carboxylic acids is 1. The van der Waals surface area contributed by atoms with Crippen LogP contribution in [0.5, 0.6) is 0 Å². The van der Waals surface area contributed by atoms with Gasteiger partial charge in [0.05, 0.1) is 5.56 Å². The molecule has 0 aliphatic carbocycles. The molecule has 1 fully saturated rings. The Balaban J connectivity index is 0.000000303. The fourth-order valence-electron chi connectivity index (χ4n) is 3.79. The number of nitrogens with zero attached hydrogens (tertiary/aromatic N) is 6. The number of carbonyl (C=O) groups is 3. The average molecular weight is 612 g/mol. The van der Waals surface area contributed by atoms with E-state index in [1.54, 1.807) is 18.6 Å². The summed E-state index contributed by atoms with van der Waals surface area (Å²) in [7, 11) is 0. The maximum absolute atomic E-state index is 12.8. The molecule has 228 valence electrons. The average Bonchev–Trinajstić information content (AvgIpc) is 3.60. The maximum Gasteiger partial charge on any atom is 0.490 e. The van der Waals surface area contributed by atoms with Crippen LogP contribution in [-0.4, -0.2) is 83.0 Å². The minimum atomic E-state index is -5.08. The zero-order valence-electron chi connectivity index (χ0n) is 22.0. The predicted octanol–water partition coefficient (Wildman–Crippen LogP) is 4.39. The highest BCUT2D eigenvalue weighted by Gasteiger charge is 2.39. The van der Waals surface area contributed by atoms with Gasteiger partial charge in [0.25, 0.3) is 5.91 Å². The third-order valence-electron chi connectivity index (χ3n) is 5.79. The molecule has 1 amide bonds. The van der Waals surface area contributed by atoms with Crippen molar-refractivity contribution in [1.29, 1.82) is 0 Å². The lowest BCUT2D eigenvalue weighted by atomic mass is 10.1. The third kappa shape index (κ3) is 8.95. The van der Waals surface area contributed by atoms with E-state index >= 15 is 0 Å². The quantitative estimate of drug-likeness (QED) is 0.321. The molecule has 43 heavy (non-hydrogen) atoms. The second-order valence-electron chi connectivity index (χ2n) is 9.03. The number of alkyl halides is 6. The summed E-state index contributed by atoms with van der Waals surface area (Å²) in [5, 5.41) is 18.9. The second-order valence-corrected chi connectivity index (χ2v) is 9.03. The molecule has 5 rings (SSSR count). The van der Waals surface area contributed by atoms with Gasteiger partial charge in [-0.05, 0) is 43.2 Å². The first-order valence-corrected chi connectivity index (χ1v) is 12.1. The van der Waals surface area contributed by atoms with Crippen molar-refractivity contribution in [2.75, 3.05) is 13.1 Å². The summed E-state index contributed by atoms with van der Waals surface area (Å²) in [4.78, 5) is 45.5. The van der Waals surface area contributed by atoms with Crippen LogP contribution in [0, 0.1) is 6.92 Å². The van der Waals surface area contributed by atoms with Crippen LogP contribution in [-0.2, 0) is 9.59 Å². The lowest BCUT2D eigenvalue weighted by molar-refractivity contribution is -0.193. The van der Waals surface area contributed by atoms with Crippen molar-refractivity contribution < 1.29 is 50.9 Å². The number of hydrogen-bond acceptors (Lipinski definition) is 7. The van der Waals surface area contributed by atoms with Crippen LogP contribution in [0.2, 0.25) is 0 Å². The fourth-order valence-corrected chi connectivity index (χ4v) is 3.79. The highest BCUT2D eigenvalue weighted by atomic mass is 19.4. The number of hydrogen-bond donors (Lipinski definition) is 2. The standard InChI is InChI=1S/C22H20N6O.2C2HF3O2/c1-15-9-19(12-24-10-15)22(29)27-8-6-18(13-27)21-25-20-5-4-17(14-28(20)26-21)16-3-2-7-23-11-16;2*3-2(4,5)1(6)7/h2-5,7,9-12,14,18H,6,8,13H2,1H3;2*(H,6,7). The van der Waals surface area contributed by atoms with Gasteiger partial charge in [0, 0.05) is 61.1 Å². The normalized spacial score (nSPS) is 14.8. The van der Waals surface area contributed by atoms with Crippen LogP contribution in [0.4, 0.5) is 26.3 Å². The van der Waals surface area contributed by atoms with E-state index in [1.807, 2.05) is 59.1 Å². The molecule has 2 N–H and O–H groups in total. The summed E-state index contributed by atoms with van der Waals surface area (Å²) in [5.41, 5.74) is 4.50. The molecule has 11 nitrogen and oxygen atoms in total. The van der Waals surface area contributed by atoms with Gasteiger partial charge in [-0.25, -0.2) is 19.1 Å². The summed E-state index contributed by atoms with van der Waals surface area (Å²) in [6, 6.07) is 9.81. The minimum Gasteiger partial charge on any atom is -0.475 e. The monoisotopic (exact) mass is 612 g/mol. The van der Waals surface area contributed by atoms with E-state index in [-0.39, 0.29) is 11.8 Å². The number of carboxylic acids is 2. The number of amides is 1. The number of aliphatic carboxylic acids is 2. The first kappa shape index (κ1) is 32.4. The summed E-state index contributed by atoms with van der Waals surface area (Å²) < 4.78 is 65.3.